The van der Waals surface area contributed by atoms with Crippen LogP contribution in [-0.2, 0) is 11.0 Å². The van der Waals surface area contributed by atoms with Crippen molar-refractivity contribution in [1.82, 2.24) is 15.0 Å². The van der Waals surface area contributed by atoms with Crippen LogP contribution in [0.15, 0.2) is 48.8 Å². The number of amides is 1. The lowest BCUT2D eigenvalue weighted by Gasteiger charge is -2.39. The highest BCUT2D eigenvalue weighted by Gasteiger charge is 2.34. The number of carbonyl (C=O) groups excluding carboxylic acids is 1. The summed E-state index contributed by atoms with van der Waals surface area (Å²) in [5, 5.41) is 2.83. The second-order valence-electron chi connectivity index (χ2n) is 7.28. The van der Waals surface area contributed by atoms with Gasteiger partial charge in [-0.3, -0.25) is 4.79 Å². The van der Waals surface area contributed by atoms with Gasteiger partial charge in [-0.15, -0.1) is 0 Å². The number of alkyl halides is 3. The van der Waals surface area contributed by atoms with Crippen molar-refractivity contribution in [3.8, 4) is 11.1 Å². The molecule has 4 rings (SSSR count). The van der Waals surface area contributed by atoms with Gasteiger partial charge in [0.2, 0.25) is 11.9 Å². The van der Waals surface area contributed by atoms with Crippen LogP contribution in [0.5, 0.6) is 0 Å². The van der Waals surface area contributed by atoms with Gasteiger partial charge in [-0.25, -0.2) is 15.0 Å². The van der Waals surface area contributed by atoms with Crippen LogP contribution in [0.4, 0.5) is 30.6 Å². The van der Waals surface area contributed by atoms with E-state index in [1.54, 1.807) is 18.3 Å². The van der Waals surface area contributed by atoms with Crippen LogP contribution in [0.2, 0.25) is 0 Å². The van der Waals surface area contributed by atoms with Crippen LogP contribution in [-0.4, -0.2) is 33.4 Å². The molecule has 1 amide bonds. The van der Waals surface area contributed by atoms with E-state index in [1.807, 2.05) is 30.0 Å². The number of nitrogens with two attached hydrogens (primary N) is 1. The number of halogens is 3. The minimum absolute atomic E-state index is 0.143. The Balaban J connectivity index is 1.56. The Morgan fingerprint density at radius 1 is 1.16 bits per heavy atom. The van der Waals surface area contributed by atoms with Crippen LogP contribution < -0.4 is 16.0 Å². The number of hydrogen-bond acceptors (Lipinski definition) is 6. The molecule has 0 bridgehead atoms. The fraction of sp³-hybridized carbons (Fsp3) is 0.238. The Morgan fingerprint density at radius 3 is 2.58 bits per heavy atom. The van der Waals surface area contributed by atoms with Gasteiger partial charge in [0.1, 0.15) is 17.6 Å². The average molecular weight is 428 g/mol. The summed E-state index contributed by atoms with van der Waals surface area (Å²) in [7, 11) is 0. The van der Waals surface area contributed by atoms with Crippen LogP contribution >= 0.6 is 0 Å². The first kappa shape index (κ1) is 20.6. The first-order valence-corrected chi connectivity index (χ1v) is 9.52. The molecule has 3 aromatic rings. The first-order chi connectivity index (χ1) is 14.7. The molecule has 0 unspecified atom stereocenters. The van der Waals surface area contributed by atoms with Crippen molar-refractivity contribution >= 4 is 23.4 Å². The molecule has 1 atom stereocenters. The fourth-order valence-electron chi connectivity index (χ4n) is 3.41. The Kier molecular flexibility index (Phi) is 5.22. The van der Waals surface area contributed by atoms with Gasteiger partial charge in [-0.2, -0.15) is 13.2 Å². The molecule has 1 aliphatic heterocycles. The summed E-state index contributed by atoms with van der Waals surface area (Å²) in [6.45, 7) is 2.59. The standard InChI is InChI=1S/C21H19F3N6O/c1-12-8-14(13-2-3-18(27-11-13)30-7-5-16(30)19(25)31)10-15(9-12)28-20-26-6-4-17(29-20)21(22,23)24/h2-4,6,8-11,16H,5,7H2,1H3,(H2,25,31)(H,26,28,29)/t16-/m0/s1. The molecule has 7 nitrogen and oxygen atoms in total. The second kappa shape index (κ2) is 7.86. The van der Waals surface area contributed by atoms with E-state index in [1.165, 1.54) is 0 Å². The van der Waals surface area contributed by atoms with E-state index in [0.717, 1.165) is 35.5 Å². The molecule has 0 saturated carbocycles. The number of benzene rings is 1. The maximum atomic E-state index is 12.9. The van der Waals surface area contributed by atoms with Gasteiger partial charge in [0, 0.05) is 30.2 Å². The van der Waals surface area contributed by atoms with Gasteiger partial charge >= 0.3 is 6.18 Å². The topological polar surface area (TPSA) is 97.0 Å². The van der Waals surface area contributed by atoms with E-state index in [-0.39, 0.29) is 17.9 Å². The largest absolute Gasteiger partial charge is 0.433 e. The number of rotatable bonds is 5. The van der Waals surface area contributed by atoms with Crippen molar-refractivity contribution in [2.75, 3.05) is 16.8 Å². The van der Waals surface area contributed by atoms with Crippen molar-refractivity contribution < 1.29 is 18.0 Å². The average Bonchev–Trinajstić information content (AvgIpc) is 2.66. The fourth-order valence-corrected chi connectivity index (χ4v) is 3.41. The van der Waals surface area contributed by atoms with Crippen molar-refractivity contribution in [2.45, 2.75) is 25.6 Å². The smallest absolute Gasteiger partial charge is 0.368 e. The van der Waals surface area contributed by atoms with Crippen molar-refractivity contribution in [3.63, 3.8) is 0 Å². The van der Waals surface area contributed by atoms with E-state index in [2.05, 4.69) is 20.3 Å². The summed E-state index contributed by atoms with van der Waals surface area (Å²) in [6.07, 6.45) is -1.09. The Hall–Kier alpha value is -3.69. The van der Waals surface area contributed by atoms with E-state index in [0.29, 0.717) is 17.9 Å². The molecule has 1 aliphatic rings. The molecule has 1 aromatic carbocycles. The minimum atomic E-state index is -4.55. The number of pyridine rings is 1. The van der Waals surface area contributed by atoms with Crippen molar-refractivity contribution in [3.05, 3.63) is 60.0 Å². The number of nitrogens with one attached hydrogen (secondary N) is 1. The van der Waals surface area contributed by atoms with Gasteiger partial charge < -0.3 is 16.0 Å². The highest BCUT2D eigenvalue weighted by molar-refractivity contribution is 5.85. The molecule has 160 valence electrons. The van der Waals surface area contributed by atoms with Crippen LogP contribution in [0, 0.1) is 6.92 Å². The molecule has 0 aliphatic carbocycles. The third-order valence-corrected chi connectivity index (χ3v) is 5.00. The first-order valence-electron chi connectivity index (χ1n) is 9.52. The summed E-state index contributed by atoms with van der Waals surface area (Å²) in [4.78, 5) is 25.1. The lowest BCUT2D eigenvalue weighted by molar-refractivity contribution is -0.141. The normalized spacial score (nSPS) is 16.0. The zero-order chi connectivity index (χ0) is 22.2. The van der Waals surface area contributed by atoms with E-state index >= 15 is 0 Å². The maximum Gasteiger partial charge on any atom is 0.433 e. The van der Waals surface area contributed by atoms with Crippen molar-refractivity contribution in [1.29, 1.82) is 0 Å². The second-order valence-corrected chi connectivity index (χ2v) is 7.28. The number of carbonyl (C=O) groups is 1. The predicted molar refractivity (Wildman–Crippen MR) is 110 cm³/mol. The summed E-state index contributed by atoms with van der Waals surface area (Å²) in [5.41, 5.74) is 7.46. The molecule has 3 N–H and O–H groups in total. The maximum absolute atomic E-state index is 12.9. The lowest BCUT2D eigenvalue weighted by atomic mass is 10.0. The van der Waals surface area contributed by atoms with Crippen LogP contribution in [0.25, 0.3) is 11.1 Å². The third-order valence-electron chi connectivity index (χ3n) is 5.00. The Labute approximate surface area is 176 Å². The highest BCUT2D eigenvalue weighted by Crippen LogP contribution is 2.30. The van der Waals surface area contributed by atoms with E-state index in [9.17, 15) is 18.0 Å². The Bertz CT molecular complexity index is 1120. The Morgan fingerprint density at radius 2 is 1.97 bits per heavy atom. The summed E-state index contributed by atoms with van der Waals surface area (Å²) in [6, 6.07) is 9.68. The van der Waals surface area contributed by atoms with Crippen molar-refractivity contribution in [2.24, 2.45) is 5.73 Å². The van der Waals surface area contributed by atoms with E-state index < -0.39 is 11.9 Å². The SMILES string of the molecule is Cc1cc(Nc2nccc(C(F)(F)F)n2)cc(-c2ccc(N3CC[C@H]3C(N)=O)nc2)c1. The number of aromatic nitrogens is 3. The summed E-state index contributed by atoms with van der Waals surface area (Å²) in [5.74, 6) is 0.153. The molecule has 3 heterocycles. The predicted octanol–water partition coefficient (Wildman–Crippen LogP) is 3.67. The van der Waals surface area contributed by atoms with Gasteiger partial charge in [-0.05, 0) is 54.8 Å². The number of primary amides is 1. The van der Waals surface area contributed by atoms with Gasteiger partial charge in [-0.1, -0.05) is 6.07 Å². The molecular formula is C21H19F3N6O. The van der Waals surface area contributed by atoms with Crippen LogP contribution in [0.3, 0.4) is 0 Å². The molecular weight excluding hydrogens is 409 g/mol. The molecule has 0 radical (unpaired) electrons. The molecule has 31 heavy (non-hydrogen) atoms. The summed E-state index contributed by atoms with van der Waals surface area (Å²) < 4.78 is 38.7. The number of nitrogens with zero attached hydrogens (tertiary/aromatic N) is 4. The molecule has 0 spiro atoms. The van der Waals surface area contributed by atoms with Gasteiger partial charge in [0.05, 0.1) is 0 Å². The monoisotopic (exact) mass is 428 g/mol. The van der Waals surface area contributed by atoms with Gasteiger partial charge in [0.15, 0.2) is 0 Å². The number of hydrogen-bond donors (Lipinski definition) is 2. The zero-order valence-corrected chi connectivity index (χ0v) is 16.5. The number of aryl methyl sites for hydroxylation is 1. The molecule has 10 heteroatoms. The highest BCUT2D eigenvalue weighted by atomic mass is 19.4. The van der Waals surface area contributed by atoms with Gasteiger partial charge in [0.25, 0.3) is 0 Å². The summed E-state index contributed by atoms with van der Waals surface area (Å²) >= 11 is 0. The van der Waals surface area contributed by atoms with E-state index in [4.69, 9.17) is 5.73 Å². The molecule has 1 saturated heterocycles. The molecule has 2 aromatic heterocycles. The minimum Gasteiger partial charge on any atom is -0.368 e. The zero-order valence-electron chi connectivity index (χ0n) is 16.5. The molecule has 1 fully saturated rings. The quantitative estimate of drug-likeness (QED) is 0.644. The lowest BCUT2D eigenvalue weighted by Crippen LogP contribution is -2.55. The number of anilines is 3. The van der Waals surface area contributed by atoms with Crippen LogP contribution in [0.1, 0.15) is 17.7 Å². The third kappa shape index (κ3) is 4.42.